The average molecular weight is 185 g/mol. The van der Waals surface area contributed by atoms with Gasteiger partial charge in [0.15, 0.2) is 0 Å². The van der Waals surface area contributed by atoms with Gasteiger partial charge >= 0.3 is 0 Å². The third-order valence-corrected chi connectivity index (χ3v) is 2.48. The minimum Gasteiger partial charge on any atom is -0.369 e. The molecule has 0 aromatic rings. The fourth-order valence-electron chi connectivity index (χ4n) is 1.37. The number of unbranched alkanes of at least 4 members (excludes halogenated alkanes) is 5. The van der Waals surface area contributed by atoms with Gasteiger partial charge in [-0.25, -0.2) is 0 Å². The second-order valence-electron chi connectivity index (χ2n) is 3.86. The van der Waals surface area contributed by atoms with Gasteiger partial charge in [0.1, 0.15) is 0 Å². The van der Waals surface area contributed by atoms with E-state index in [0.717, 1.165) is 12.8 Å². The molecule has 0 rings (SSSR count). The fourth-order valence-corrected chi connectivity index (χ4v) is 1.37. The van der Waals surface area contributed by atoms with Gasteiger partial charge in [-0.05, 0) is 6.42 Å². The Kier molecular flexibility index (Phi) is 7.76. The molecule has 78 valence electrons. The SMILES string of the molecule is CCCCCCCC[C@@H](C)C(N)=O. The molecule has 0 aromatic heterocycles. The predicted molar refractivity (Wildman–Crippen MR) is 56.4 cm³/mol. The van der Waals surface area contributed by atoms with Crippen LogP contribution in [0.3, 0.4) is 0 Å². The van der Waals surface area contributed by atoms with Crippen molar-refractivity contribution in [2.75, 3.05) is 0 Å². The van der Waals surface area contributed by atoms with Gasteiger partial charge < -0.3 is 5.73 Å². The van der Waals surface area contributed by atoms with Crippen LogP contribution in [0.25, 0.3) is 0 Å². The maximum Gasteiger partial charge on any atom is 0.220 e. The highest BCUT2D eigenvalue weighted by Crippen LogP contribution is 2.11. The van der Waals surface area contributed by atoms with Crippen LogP contribution < -0.4 is 5.73 Å². The summed E-state index contributed by atoms with van der Waals surface area (Å²) in [5.41, 5.74) is 5.16. The first-order chi connectivity index (χ1) is 6.18. The smallest absolute Gasteiger partial charge is 0.220 e. The summed E-state index contributed by atoms with van der Waals surface area (Å²) in [7, 11) is 0. The maximum absolute atomic E-state index is 10.7. The summed E-state index contributed by atoms with van der Waals surface area (Å²) in [6, 6.07) is 0. The van der Waals surface area contributed by atoms with Crippen LogP contribution in [0.2, 0.25) is 0 Å². The Labute approximate surface area is 81.9 Å². The van der Waals surface area contributed by atoms with E-state index in [0.29, 0.717) is 0 Å². The standard InChI is InChI=1S/C11H23NO/c1-3-4-5-6-7-8-9-10(2)11(12)13/h10H,3-9H2,1-2H3,(H2,12,13)/t10-/m1/s1. The Bertz CT molecular complexity index is 134. The Morgan fingerprint density at radius 3 is 2.23 bits per heavy atom. The highest BCUT2D eigenvalue weighted by atomic mass is 16.1. The molecule has 0 radical (unpaired) electrons. The lowest BCUT2D eigenvalue weighted by Gasteiger charge is -2.05. The molecule has 0 aliphatic heterocycles. The quantitative estimate of drug-likeness (QED) is 0.580. The third kappa shape index (κ3) is 7.82. The number of carbonyl (C=O) groups excluding carboxylic acids is 1. The minimum absolute atomic E-state index is 0.0613. The molecule has 1 atom stereocenters. The number of hydrogen-bond acceptors (Lipinski definition) is 1. The number of rotatable bonds is 8. The maximum atomic E-state index is 10.7. The lowest BCUT2D eigenvalue weighted by molar-refractivity contribution is -0.121. The molecule has 0 aromatic carbocycles. The molecule has 0 aliphatic rings. The van der Waals surface area contributed by atoms with Crippen LogP contribution in [0.15, 0.2) is 0 Å². The van der Waals surface area contributed by atoms with Crippen molar-refractivity contribution in [1.82, 2.24) is 0 Å². The number of carbonyl (C=O) groups is 1. The highest BCUT2D eigenvalue weighted by Gasteiger charge is 2.06. The van der Waals surface area contributed by atoms with Gasteiger partial charge in [-0.1, -0.05) is 52.4 Å². The van der Waals surface area contributed by atoms with Crippen LogP contribution in [0.5, 0.6) is 0 Å². The molecule has 0 saturated heterocycles. The zero-order chi connectivity index (χ0) is 10.1. The summed E-state index contributed by atoms with van der Waals surface area (Å²) in [6.07, 6.45) is 8.62. The number of primary amides is 1. The molecule has 0 heterocycles. The summed E-state index contributed by atoms with van der Waals surface area (Å²) in [5, 5.41) is 0. The molecule has 0 saturated carbocycles. The van der Waals surface area contributed by atoms with Crippen molar-refractivity contribution < 1.29 is 4.79 Å². The van der Waals surface area contributed by atoms with Gasteiger partial charge in [-0.3, -0.25) is 4.79 Å². The van der Waals surface area contributed by atoms with Crippen LogP contribution in [0, 0.1) is 5.92 Å². The van der Waals surface area contributed by atoms with Crippen LogP contribution in [0.4, 0.5) is 0 Å². The van der Waals surface area contributed by atoms with Crippen molar-refractivity contribution in [2.24, 2.45) is 11.7 Å². The van der Waals surface area contributed by atoms with Crippen molar-refractivity contribution >= 4 is 5.91 Å². The fraction of sp³-hybridized carbons (Fsp3) is 0.909. The Balaban J connectivity index is 3.11. The number of nitrogens with two attached hydrogens (primary N) is 1. The first-order valence-electron chi connectivity index (χ1n) is 5.47. The van der Waals surface area contributed by atoms with Gasteiger partial charge in [-0.2, -0.15) is 0 Å². The van der Waals surface area contributed by atoms with Crippen molar-refractivity contribution in [1.29, 1.82) is 0 Å². The molecule has 0 bridgehead atoms. The van der Waals surface area contributed by atoms with Crippen LogP contribution in [-0.4, -0.2) is 5.91 Å². The molecule has 0 fully saturated rings. The van der Waals surface area contributed by atoms with Gasteiger partial charge in [-0.15, -0.1) is 0 Å². The van der Waals surface area contributed by atoms with Crippen molar-refractivity contribution in [3.63, 3.8) is 0 Å². The molecule has 0 aliphatic carbocycles. The summed E-state index contributed by atoms with van der Waals surface area (Å²) >= 11 is 0. The Morgan fingerprint density at radius 1 is 1.15 bits per heavy atom. The lowest BCUT2D eigenvalue weighted by atomic mass is 10.0. The van der Waals surface area contributed by atoms with E-state index in [2.05, 4.69) is 6.92 Å². The molecule has 0 unspecified atom stereocenters. The Morgan fingerprint density at radius 2 is 1.69 bits per heavy atom. The molecule has 2 heteroatoms. The van der Waals surface area contributed by atoms with Gasteiger partial charge in [0, 0.05) is 5.92 Å². The van der Waals surface area contributed by atoms with E-state index in [9.17, 15) is 4.79 Å². The van der Waals surface area contributed by atoms with Crippen LogP contribution in [0.1, 0.15) is 58.8 Å². The summed E-state index contributed by atoms with van der Waals surface area (Å²) in [6.45, 7) is 4.13. The van der Waals surface area contributed by atoms with Crippen LogP contribution >= 0.6 is 0 Å². The summed E-state index contributed by atoms with van der Waals surface area (Å²) < 4.78 is 0. The largest absolute Gasteiger partial charge is 0.369 e. The zero-order valence-corrected chi connectivity index (χ0v) is 9.01. The molecule has 0 spiro atoms. The first-order valence-corrected chi connectivity index (χ1v) is 5.47. The molecule has 2 nitrogen and oxygen atoms in total. The van der Waals surface area contributed by atoms with E-state index < -0.39 is 0 Å². The molecule has 1 amide bonds. The minimum atomic E-state index is -0.159. The second-order valence-corrected chi connectivity index (χ2v) is 3.86. The van der Waals surface area contributed by atoms with E-state index in [1.165, 1.54) is 32.1 Å². The van der Waals surface area contributed by atoms with Crippen molar-refractivity contribution in [2.45, 2.75) is 58.8 Å². The average Bonchev–Trinajstić information content (AvgIpc) is 2.10. The van der Waals surface area contributed by atoms with E-state index >= 15 is 0 Å². The molecular formula is C11H23NO. The van der Waals surface area contributed by atoms with E-state index in [4.69, 9.17) is 5.73 Å². The lowest BCUT2D eigenvalue weighted by Crippen LogP contribution is -2.20. The third-order valence-electron chi connectivity index (χ3n) is 2.48. The molecule has 2 N–H and O–H groups in total. The summed E-state index contributed by atoms with van der Waals surface area (Å²) in [4.78, 5) is 10.7. The molecular weight excluding hydrogens is 162 g/mol. The Hall–Kier alpha value is -0.530. The van der Waals surface area contributed by atoms with E-state index in [1.807, 2.05) is 6.92 Å². The van der Waals surface area contributed by atoms with Crippen molar-refractivity contribution in [3.8, 4) is 0 Å². The monoisotopic (exact) mass is 185 g/mol. The highest BCUT2D eigenvalue weighted by molar-refractivity contribution is 5.76. The van der Waals surface area contributed by atoms with Crippen LogP contribution in [-0.2, 0) is 4.79 Å². The topological polar surface area (TPSA) is 43.1 Å². The number of amides is 1. The normalized spacial score (nSPS) is 12.8. The van der Waals surface area contributed by atoms with Gasteiger partial charge in [0.05, 0.1) is 0 Å². The first kappa shape index (κ1) is 12.5. The predicted octanol–water partition coefficient (Wildman–Crippen LogP) is 2.86. The van der Waals surface area contributed by atoms with E-state index in [-0.39, 0.29) is 11.8 Å². The molecule has 13 heavy (non-hydrogen) atoms. The van der Waals surface area contributed by atoms with Crippen molar-refractivity contribution in [3.05, 3.63) is 0 Å². The van der Waals surface area contributed by atoms with Gasteiger partial charge in [0.25, 0.3) is 0 Å². The van der Waals surface area contributed by atoms with Gasteiger partial charge in [0.2, 0.25) is 5.91 Å². The second kappa shape index (κ2) is 8.09. The zero-order valence-electron chi connectivity index (χ0n) is 9.01. The van der Waals surface area contributed by atoms with E-state index in [1.54, 1.807) is 0 Å². The number of hydrogen-bond donors (Lipinski definition) is 1. The summed E-state index contributed by atoms with van der Waals surface area (Å²) in [5.74, 6) is -0.0975.